The first-order valence-electron chi connectivity index (χ1n) is 15.0. The molecule has 0 radical (unpaired) electrons. The van der Waals surface area contributed by atoms with Crippen LogP contribution in [0.4, 0.5) is 5.82 Å². The zero-order valence-electron chi connectivity index (χ0n) is 25.8. The Balaban J connectivity index is 1.61. The predicted octanol–water partition coefficient (Wildman–Crippen LogP) is 5.66. The van der Waals surface area contributed by atoms with Gasteiger partial charge in [-0.25, -0.2) is 9.78 Å². The van der Waals surface area contributed by atoms with Crippen LogP contribution >= 0.6 is 0 Å². The summed E-state index contributed by atoms with van der Waals surface area (Å²) >= 11 is 0. The summed E-state index contributed by atoms with van der Waals surface area (Å²) in [4.78, 5) is 20.6. The molecule has 6 rings (SSSR count). The SMILES string of the molecule is CCOC(=O)[C@@H](OC(C)(C)C)c1c(C)nc2cc3nn2c1N1CCC(C)(CC1)OCC=CCc1ccccc1COC3. The van der Waals surface area contributed by atoms with Crippen molar-refractivity contribution in [3.8, 4) is 0 Å². The number of allylic oxidation sites excluding steroid dienone is 1. The van der Waals surface area contributed by atoms with E-state index in [9.17, 15) is 4.79 Å². The van der Waals surface area contributed by atoms with Gasteiger partial charge in [0.25, 0.3) is 0 Å². The van der Waals surface area contributed by atoms with E-state index in [0.717, 1.165) is 49.4 Å². The molecule has 0 N–H and O–H groups in total. The molecule has 3 aliphatic heterocycles. The van der Waals surface area contributed by atoms with E-state index in [1.54, 1.807) is 6.92 Å². The number of fused-ring (bicyclic) bond motifs is 7. The number of piperidine rings is 1. The summed E-state index contributed by atoms with van der Waals surface area (Å²) in [6, 6.07) is 10.3. The summed E-state index contributed by atoms with van der Waals surface area (Å²) in [7, 11) is 0. The minimum absolute atomic E-state index is 0.253. The molecule has 42 heavy (non-hydrogen) atoms. The van der Waals surface area contributed by atoms with Gasteiger partial charge in [0.2, 0.25) is 0 Å². The van der Waals surface area contributed by atoms with Crippen LogP contribution in [0.3, 0.4) is 0 Å². The van der Waals surface area contributed by atoms with Gasteiger partial charge in [0.1, 0.15) is 5.82 Å². The van der Waals surface area contributed by atoms with Gasteiger partial charge in [-0.3, -0.25) is 0 Å². The monoisotopic (exact) mass is 576 g/mol. The summed E-state index contributed by atoms with van der Waals surface area (Å²) in [5.41, 5.74) is 4.41. The molecule has 0 saturated carbocycles. The fourth-order valence-electron chi connectivity index (χ4n) is 5.67. The average Bonchev–Trinajstić information content (AvgIpc) is 3.33. The number of hydrogen-bond acceptors (Lipinski definition) is 8. The third-order valence-electron chi connectivity index (χ3n) is 7.87. The van der Waals surface area contributed by atoms with Crippen molar-refractivity contribution >= 4 is 17.4 Å². The van der Waals surface area contributed by atoms with Gasteiger partial charge in [-0.2, -0.15) is 9.61 Å². The molecular weight excluding hydrogens is 532 g/mol. The highest BCUT2D eigenvalue weighted by Crippen LogP contribution is 2.38. The number of nitrogens with zero attached hydrogens (tertiary/aromatic N) is 4. The Bertz CT molecular complexity index is 1430. The van der Waals surface area contributed by atoms with E-state index in [4.69, 9.17) is 29.0 Å². The van der Waals surface area contributed by atoms with Gasteiger partial charge in [0, 0.05) is 24.8 Å². The zero-order valence-corrected chi connectivity index (χ0v) is 25.8. The topological polar surface area (TPSA) is 87.4 Å². The lowest BCUT2D eigenvalue weighted by Gasteiger charge is -2.41. The summed E-state index contributed by atoms with van der Waals surface area (Å²) in [6.07, 6.45) is 5.82. The van der Waals surface area contributed by atoms with Gasteiger partial charge in [-0.05, 0) is 71.9 Å². The van der Waals surface area contributed by atoms with Crippen molar-refractivity contribution in [2.75, 3.05) is 31.2 Å². The lowest BCUT2D eigenvalue weighted by Crippen LogP contribution is -2.45. The first-order chi connectivity index (χ1) is 20.1. The Morgan fingerprint density at radius 2 is 1.86 bits per heavy atom. The highest BCUT2D eigenvalue weighted by Gasteiger charge is 2.38. The second-order valence-corrected chi connectivity index (χ2v) is 12.4. The Hall–Kier alpha value is -3.27. The molecule has 1 atom stereocenters. The lowest BCUT2D eigenvalue weighted by atomic mass is 9.92. The second-order valence-electron chi connectivity index (χ2n) is 12.4. The largest absolute Gasteiger partial charge is 0.464 e. The van der Waals surface area contributed by atoms with E-state index in [1.165, 1.54) is 5.56 Å². The number of rotatable bonds is 4. The van der Waals surface area contributed by atoms with Crippen LogP contribution in [0.25, 0.3) is 5.65 Å². The number of aryl methyl sites for hydroxylation is 1. The maximum atomic E-state index is 13.4. The summed E-state index contributed by atoms with van der Waals surface area (Å²) < 4.78 is 26.3. The highest BCUT2D eigenvalue weighted by atomic mass is 16.6. The van der Waals surface area contributed by atoms with E-state index in [-0.39, 0.29) is 12.2 Å². The van der Waals surface area contributed by atoms with E-state index < -0.39 is 17.7 Å². The molecule has 0 amide bonds. The maximum absolute atomic E-state index is 13.4. The van der Waals surface area contributed by atoms with Crippen molar-refractivity contribution in [3.63, 3.8) is 0 Å². The Morgan fingerprint density at radius 3 is 2.57 bits per heavy atom. The number of aromatic nitrogens is 3. The number of ether oxygens (including phenoxy) is 4. The van der Waals surface area contributed by atoms with E-state index in [1.807, 2.05) is 44.3 Å². The standard InChI is InChI=1S/C33H44N4O5/c1-7-40-31(38)29(42-32(3,4)5)28-23(2)34-27-20-26-22-39-21-25-14-9-8-12-24(25)13-10-11-19-41-33(6)15-17-36(18-16-33)30(28)37(27)35-26/h8-12,14,20,29H,7,13,15-19,21-22H2,1-6H3/t29-/m0/s1. The number of hydrogen-bond donors (Lipinski definition) is 0. The van der Waals surface area contributed by atoms with Crippen molar-refractivity contribution < 1.29 is 23.7 Å². The second kappa shape index (κ2) is 12.5. The van der Waals surface area contributed by atoms with E-state index in [2.05, 4.69) is 42.2 Å². The normalized spacial score (nSPS) is 18.5. The number of carbonyl (C=O) groups excluding carboxylic acids is 1. The number of carbonyl (C=O) groups is 1. The fourth-order valence-corrected chi connectivity index (χ4v) is 5.67. The molecule has 9 nitrogen and oxygen atoms in total. The molecule has 3 aromatic rings. The van der Waals surface area contributed by atoms with Crippen LogP contribution in [0.15, 0.2) is 42.5 Å². The molecule has 5 heterocycles. The molecule has 1 saturated heterocycles. The van der Waals surface area contributed by atoms with Crippen LogP contribution in [-0.4, -0.2) is 58.1 Å². The maximum Gasteiger partial charge on any atom is 0.340 e. The molecule has 3 aliphatic rings. The Morgan fingerprint density at radius 1 is 1.12 bits per heavy atom. The first-order valence-corrected chi connectivity index (χ1v) is 15.0. The van der Waals surface area contributed by atoms with Crippen LogP contribution in [0.1, 0.15) is 81.6 Å². The predicted molar refractivity (Wildman–Crippen MR) is 162 cm³/mol. The molecular formula is C33H44N4O5. The van der Waals surface area contributed by atoms with E-state index >= 15 is 0 Å². The van der Waals surface area contributed by atoms with Gasteiger partial charge < -0.3 is 23.8 Å². The molecule has 4 bridgehead atoms. The molecule has 0 spiro atoms. The molecule has 1 fully saturated rings. The summed E-state index contributed by atoms with van der Waals surface area (Å²) in [5.74, 6) is 0.373. The zero-order chi connectivity index (χ0) is 29.9. The molecule has 1 aromatic carbocycles. The van der Waals surface area contributed by atoms with Crippen molar-refractivity contribution in [1.82, 2.24) is 14.6 Å². The molecule has 0 unspecified atom stereocenters. The quantitative estimate of drug-likeness (QED) is 0.290. The van der Waals surface area contributed by atoms with Crippen molar-refractivity contribution in [3.05, 3.63) is 70.6 Å². The van der Waals surface area contributed by atoms with Gasteiger partial charge in [0.15, 0.2) is 11.8 Å². The lowest BCUT2D eigenvalue weighted by molar-refractivity contribution is -0.166. The molecule has 2 aromatic heterocycles. The van der Waals surface area contributed by atoms with Gasteiger partial charge in [-0.15, -0.1) is 0 Å². The van der Waals surface area contributed by atoms with Crippen LogP contribution in [0.5, 0.6) is 0 Å². The van der Waals surface area contributed by atoms with Crippen molar-refractivity contribution in [2.24, 2.45) is 0 Å². The molecule has 9 heteroatoms. The van der Waals surface area contributed by atoms with Crippen molar-refractivity contribution in [2.45, 2.75) is 91.3 Å². The summed E-state index contributed by atoms with van der Waals surface area (Å²) in [5, 5.41) is 4.97. The van der Waals surface area contributed by atoms with Gasteiger partial charge in [-0.1, -0.05) is 36.4 Å². The van der Waals surface area contributed by atoms with Gasteiger partial charge in [0.05, 0.1) is 48.9 Å². The number of benzene rings is 1. The van der Waals surface area contributed by atoms with Crippen LogP contribution < -0.4 is 4.90 Å². The minimum Gasteiger partial charge on any atom is -0.464 e. The van der Waals surface area contributed by atoms with Crippen LogP contribution in [-0.2, 0) is 43.4 Å². The first kappa shape index (κ1) is 30.2. The van der Waals surface area contributed by atoms with Crippen LogP contribution in [0, 0.1) is 6.92 Å². The Labute approximate surface area is 248 Å². The van der Waals surface area contributed by atoms with Crippen LogP contribution in [0.2, 0.25) is 0 Å². The van der Waals surface area contributed by atoms with Crippen molar-refractivity contribution in [1.29, 1.82) is 0 Å². The molecule has 0 aliphatic carbocycles. The Kier molecular flexibility index (Phi) is 9.01. The van der Waals surface area contributed by atoms with E-state index in [0.29, 0.717) is 36.7 Å². The third kappa shape index (κ3) is 6.85. The fraction of sp³-hybridized carbons (Fsp3) is 0.545. The summed E-state index contributed by atoms with van der Waals surface area (Å²) in [6.45, 7) is 14.8. The number of anilines is 1. The highest BCUT2D eigenvalue weighted by molar-refractivity contribution is 5.80. The minimum atomic E-state index is -0.954. The average molecular weight is 577 g/mol. The number of esters is 1. The smallest absolute Gasteiger partial charge is 0.340 e. The molecule has 226 valence electrons. The third-order valence-corrected chi connectivity index (χ3v) is 7.87. The van der Waals surface area contributed by atoms with Gasteiger partial charge >= 0.3 is 5.97 Å².